The number of carbonyl (C=O) groups excluding carboxylic acids is 1. The molecule has 0 radical (unpaired) electrons. The van der Waals surface area contributed by atoms with E-state index in [1.807, 2.05) is 31.2 Å². The number of pyridine rings is 1. The van der Waals surface area contributed by atoms with Crippen LogP contribution >= 0.6 is 0 Å². The van der Waals surface area contributed by atoms with Crippen LogP contribution in [0.3, 0.4) is 0 Å². The van der Waals surface area contributed by atoms with E-state index in [0.717, 1.165) is 33.5 Å². The van der Waals surface area contributed by atoms with E-state index < -0.39 is 7.12 Å². The highest BCUT2D eigenvalue weighted by Crippen LogP contribution is 2.45. The lowest BCUT2D eigenvalue weighted by Crippen LogP contribution is -2.23. The highest BCUT2D eigenvalue weighted by atomic mass is 19.1. The summed E-state index contributed by atoms with van der Waals surface area (Å²) < 4.78 is 31.0. The van der Waals surface area contributed by atoms with Gasteiger partial charge in [0.15, 0.2) is 11.5 Å². The van der Waals surface area contributed by atoms with Crippen LogP contribution in [0, 0.1) is 5.82 Å². The van der Waals surface area contributed by atoms with Gasteiger partial charge in [0.2, 0.25) is 11.7 Å². The summed E-state index contributed by atoms with van der Waals surface area (Å²) >= 11 is 0. The number of carbonyl (C=O) groups is 1. The van der Waals surface area contributed by atoms with Gasteiger partial charge in [0, 0.05) is 12.5 Å². The van der Waals surface area contributed by atoms with E-state index in [2.05, 4.69) is 10.3 Å². The van der Waals surface area contributed by atoms with Crippen LogP contribution in [-0.2, 0) is 11.3 Å². The molecule has 39 heavy (non-hydrogen) atoms. The van der Waals surface area contributed by atoms with E-state index in [-0.39, 0.29) is 31.1 Å². The maximum atomic E-state index is 14.3. The molecule has 1 aliphatic rings. The van der Waals surface area contributed by atoms with E-state index in [0.29, 0.717) is 29.4 Å². The van der Waals surface area contributed by atoms with Crippen LogP contribution < -0.4 is 19.5 Å². The van der Waals surface area contributed by atoms with Crippen molar-refractivity contribution in [3.8, 4) is 17.2 Å². The molecule has 1 heterocycles. The molecule has 1 amide bonds. The number of fused-ring (bicyclic) bond motifs is 1. The minimum Gasteiger partial charge on any atom is -0.493 e. The summed E-state index contributed by atoms with van der Waals surface area (Å²) in [6.07, 6.45) is 3.71. The summed E-state index contributed by atoms with van der Waals surface area (Å²) in [4.78, 5) is 17.1. The highest BCUT2D eigenvalue weighted by Gasteiger charge is 2.26. The number of methoxy groups -OCH3 is 2. The highest BCUT2D eigenvalue weighted by molar-refractivity contribution is 6.41. The molecule has 0 unspecified atom stereocenters. The number of amides is 1. The summed E-state index contributed by atoms with van der Waals surface area (Å²) in [6.45, 7) is 2.27. The van der Waals surface area contributed by atoms with Crippen LogP contribution in [0.2, 0.25) is 6.32 Å². The van der Waals surface area contributed by atoms with Crippen molar-refractivity contribution in [3.63, 3.8) is 0 Å². The lowest BCUT2D eigenvalue weighted by Gasteiger charge is -2.16. The fraction of sp³-hybridized carbons (Fsp3) is 0.241. The number of aromatic nitrogens is 1. The number of allylic oxidation sites excluding steroid dienone is 2. The van der Waals surface area contributed by atoms with Crippen molar-refractivity contribution < 1.29 is 33.4 Å². The molecule has 0 fully saturated rings. The van der Waals surface area contributed by atoms with Crippen LogP contribution in [0.5, 0.6) is 17.2 Å². The van der Waals surface area contributed by atoms with E-state index in [9.17, 15) is 9.18 Å². The first-order chi connectivity index (χ1) is 18.8. The van der Waals surface area contributed by atoms with Gasteiger partial charge in [-0.15, -0.1) is 0 Å². The van der Waals surface area contributed by atoms with E-state index in [4.69, 9.17) is 24.3 Å². The number of nitrogens with one attached hydrogen (secondary N) is 1. The Kier molecular flexibility index (Phi) is 9.01. The van der Waals surface area contributed by atoms with Crippen LogP contribution in [0.1, 0.15) is 35.7 Å². The number of hydrogen-bond acceptors (Lipinski definition) is 7. The maximum Gasteiger partial charge on any atom is 0.454 e. The second kappa shape index (κ2) is 12.6. The number of benzene rings is 2. The Morgan fingerprint density at radius 3 is 2.46 bits per heavy atom. The molecule has 8 nitrogen and oxygen atoms in total. The largest absolute Gasteiger partial charge is 0.493 e. The molecule has 4 rings (SSSR count). The topological polar surface area (TPSA) is 110 Å². The standard InChI is InChI=1S/C29H30BFN2O6/c1-18-23(12-19-13-26(37-2)29(27(14-19)38-3)39-11-9-30(35)36)22-8-7-20(31)15-25(22)24(18)16-28(34)33-17-21-6-4-5-10-32-21/h4-8,10,12-15,35-36H,9,11,16-17H2,1-3H3,(H,33,34)/b23-12-. The van der Waals surface area contributed by atoms with Gasteiger partial charge < -0.3 is 29.6 Å². The third-order valence-corrected chi connectivity index (χ3v) is 6.40. The molecule has 1 aliphatic carbocycles. The summed E-state index contributed by atoms with van der Waals surface area (Å²) in [5.74, 6) is 0.578. The first kappa shape index (κ1) is 27.9. The fourth-order valence-corrected chi connectivity index (χ4v) is 4.46. The summed E-state index contributed by atoms with van der Waals surface area (Å²) in [6, 6.07) is 13.6. The second-order valence-electron chi connectivity index (χ2n) is 9.00. The van der Waals surface area contributed by atoms with Crippen molar-refractivity contribution in [2.45, 2.75) is 26.2 Å². The number of hydrogen-bond donors (Lipinski definition) is 3. The first-order valence-corrected chi connectivity index (χ1v) is 12.4. The molecule has 0 spiro atoms. The molecule has 2 aromatic carbocycles. The number of nitrogens with zero attached hydrogens (tertiary/aromatic N) is 1. The van der Waals surface area contributed by atoms with Crippen LogP contribution in [0.25, 0.3) is 17.2 Å². The first-order valence-electron chi connectivity index (χ1n) is 12.4. The Hall–Kier alpha value is -4.15. The second-order valence-corrected chi connectivity index (χ2v) is 9.00. The Morgan fingerprint density at radius 1 is 1.08 bits per heavy atom. The lowest BCUT2D eigenvalue weighted by molar-refractivity contribution is -0.120. The Balaban J connectivity index is 1.65. The minimum absolute atomic E-state index is 0.0215. The Morgan fingerprint density at radius 2 is 1.82 bits per heavy atom. The molecule has 0 aliphatic heterocycles. The van der Waals surface area contributed by atoms with Gasteiger partial charge in [-0.2, -0.15) is 0 Å². The Labute approximate surface area is 226 Å². The number of halogens is 1. The summed E-state index contributed by atoms with van der Waals surface area (Å²) in [5, 5.41) is 21.1. The predicted octanol–water partition coefficient (Wildman–Crippen LogP) is 4.12. The third kappa shape index (κ3) is 6.65. The zero-order valence-corrected chi connectivity index (χ0v) is 22.0. The van der Waals surface area contributed by atoms with Crippen molar-refractivity contribution in [1.29, 1.82) is 0 Å². The fourth-order valence-electron chi connectivity index (χ4n) is 4.46. The third-order valence-electron chi connectivity index (χ3n) is 6.40. The maximum absolute atomic E-state index is 14.3. The molecular weight excluding hydrogens is 502 g/mol. The average molecular weight is 532 g/mol. The van der Waals surface area contributed by atoms with Crippen molar-refractivity contribution >= 4 is 30.2 Å². The quantitative estimate of drug-likeness (QED) is 0.319. The molecule has 0 atom stereocenters. The molecular formula is C29H30BFN2O6. The molecule has 3 N–H and O–H groups in total. The SMILES string of the molecule is COc1cc(/C=C2/C(C)=C(CC(=O)NCc3ccccn3)c3cc(F)ccc32)cc(OC)c1OCCB(O)O. The zero-order valence-electron chi connectivity index (χ0n) is 22.0. The van der Waals surface area contributed by atoms with Crippen LogP contribution in [0.4, 0.5) is 4.39 Å². The van der Waals surface area contributed by atoms with Crippen molar-refractivity contribution in [2.24, 2.45) is 0 Å². The number of ether oxygens (including phenoxy) is 3. The molecule has 0 saturated carbocycles. The van der Waals surface area contributed by atoms with Gasteiger partial charge in [0.05, 0.1) is 39.5 Å². The van der Waals surface area contributed by atoms with Gasteiger partial charge in [-0.05, 0) is 82.8 Å². The van der Waals surface area contributed by atoms with Gasteiger partial charge in [0.25, 0.3) is 0 Å². The molecule has 0 bridgehead atoms. The molecule has 1 aromatic heterocycles. The van der Waals surface area contributed by atoms with Gasteiger partial charge in [-0.1, -0.05) is 12.1 Å². The molecule has 3 aromatic rings. The number of rotatable bonds is 11. The molecule has 202 valence electrons. The smallest absolute Gasteiger partial charge is 0.454 e. The van der Waals surface area contributed by atoms with E-state index >= 15 is 0 Å². The van der Waals surface area contributed by atoms with Crippen molar-refractivity contribution in [2.75, 3.05) is 20.8 Å². The van der Waals surface area contributed by atoms with Gasteiger partial charge in [-0.25, -0.2) is 4.39 Å². The summed E-state index contributed by atoms with van der Waals surface area (Å²) in [7, 11) is 1.51. The predicted molar refractivity (Wildman–Crippen MR) is 148 cm³/mol. The average Bonchev–Trinajstić information content (AvgIpc) is 3.17. The zero-order chi connectivity index (χ0) is 27.9. The summed E-state index contributed by atoms with van der Waals surface area (Å²) in [5.41, 5.74) is 5.43. The van der Waals surface area contributed by atoms with Crippen molar-refractivity contribution in [1.82, 2.24) is 10.3 Å². The molecule has 0 saturated heterocycles. The minimum atomic E-state index is -1.49. The van der Waals surface area contributed by atoms with E-state index in [1.165, 1.54) is 26.4 Å². The van der Waals surface area contributed by atoms with E-state index in [1.54, 1.807) is 24.4 Å². The van der Waals surface area contributed by atoms with Gasteiger partial charge in [0.1, 0.15) is 5.82 Å². The molecule has 10 heteroatoms. The van der Waals surface area contributed by atoms with Gasteiger partial charge in [-0.3, -0.25) is 9.78 Å². The van der Waals surface area contributed by atoms with Gasteiger partial charge >= 0.3 is 7.12 Å². The normalized spacial score (nSPS) is 13.3. The van der Waals surface area contributed by atoms with Crippen LogP contribution in [-0.4, -0.2) is 48.9 Å². The lowest BCUT2D eigenvalue weighted by atomic mass is 9.87. The van der Waals surface area contributed by atoms with Crippen molar-refractivity contribution in [3.05, 3.63) is 88.5 Å². The monoisotopic (exact) mass is 532 g/mol. The Bertz CT molecular complexity index is 1380. The van der Waals surface area contributed by atoms with Crippen LogP contribution in [0.15, 0.2) is 60.3 Å².